The van der Waals surface area contributed by atoms with Gasteiger partial charge in [0, 0.05) is 51.4 Å². The van der Waals surface area contributed by atoms with Crippen LogP contribution in [0, 0.1) is 0 Å². The maximum atomic E-state index is 14.1. The summed E-state index contributed by atoms with van der Waals surface area (Å²) in [5.41, 5.74) is 3.70. The third-order valence-electron chi connectivity index (χ3n) is 8.78. The first-order chi connectivity index (χ1) is 21.8. The highest BCUT2D eigenvalue weighted by Crippen LogP contribution is 2.39. The van der Waals surface area contributed by atoms with Gasteiger partial charge >= 0.3 is 0 Å². The fourth-order valence-corrected chi connectivity index (χ4v) is 6.49. The molecule has 0 radical (unpaired) electrons. The molecule has 11 heteroatoms. The number of anilines is 1. The summed E-state index contributed by atoms with van der Waals surface area (Å²) >= 11 is 12.5. The van der Waals surface area contributed by atoms with E-state index in [-0.39, 0.29) is 35.9 Å². The van der Waals surface area contributed by atoms with Gasteiger partial charge in [0.15, 0.2) is 6.61 Å². The molecule has 6 rings (SSSR count). The first-order valence-corrected chi connectivity index (χ1v) is 16.0. The third kappa shape index (κ3) is 6.82. The second-order valence-electron chi connectivity index (χ2n) is 11.6. The number of likely N-dealkylation sites (N-methyl/N-ethyl adjacent to an activating group) is 1. The zero-order valence-electron chi connectivity index (χ0n) is 25.2. The van der Waals surface area contributed by atoms with Crippen LogP contribution in [0.3, 0.4) is 0 Å². The Morgan fingerprint density at radius 2 is 1.62 bits per heavy atom. The smallest absolute Gasteiger partial charge is 0.265 e. The van der Waals surface area contributed by atoms with Crippen LogP contribution in [0.1, 0.15) is 34.8 Å². The molecule has 3 aliphatic rings. The lowest BCUT2D eigenvalue weighted by molar-refractivity contribution is -0.133. The first kappa shape index (κ1) is 31.4. The molecule has 0 aromatic heterocycles. The number of nitrogens with zero attached hydrogens (tertiary/aromatic N) is 4. The van der Waals surface area contributed by atoms with Crippen molar-refractivity contribution in [2.75, 3.05) is 71.0 Å². The van der Waals surface area contributed by atoms with E-state index in [4.69, 9.17) is 32.7 Å². The largest absolute Gasteiger partial charge is 0.482 e. The molecule has 3 aliphatic heterocycles. The lowest BCUT2D eigenvalue weighted by Gasteiger charge is -2.37. The van der Waals surface area contributed by atoms with Crippen molar-refractivity contribution in [3.05, 3.63) is 81.8 Å². The van der Waals surface area contributed by atoms with Crippen molar-refractivity contribution in [2.45, 2.75) is 18.9 Å². The van der Waals surface area contributed by atoms with Gasteiger partial charge in [0.05, 0.1) is 35.0 Å². The number of hydrogen-bond donors (Lipinski definition) is 0. The molecule has 0 aliphatic carbocycles. The molecular formula is C34H36Cl2N4O5. The summed E-state index contributed by atoms with van der Waals surface area (Å²) < 4.78 is 11.2. The van der Waals surface area contributed by atoms with Gasteiger partial charge in [-0.15, -0.1) is 0 Å². The fraction of sp³-hybridized carbons (Fsp3) is 0.382. The lowest BCUT2D eigenvalue weighted by Crippen LogP contribution is -2.49. The summed E-state index contributed by atoms with van der Waals surface area (Å²) in [6, 6.07) is 18.6. The summed E-state index contributed by atoms with van der Waals surface area (Å²) in [6.45, 7) is 4.11. The van der Waals surface area contributed by atoms with E-state index in [1.54, 1.807) is 24.1 Å². The highest BCUT2D eigenvalue weighted by Gasteiger charge is 2.34. The molecule has 3 aromatic rings. The van der Waals surface area contributed by atoms with Gasteiger partial charge < -0.3 is 19.3 Å². The SMILES string of the molecule is CN(C(=O)CN1C(=O)COc2cc(Cl)c(Cl)cc21)C(CN1CCOCC1)c1ccc(-c2ccccc2)cc1C(=O)N1CCCC1. The van der Waals surface area contributed by atoms with E-state index in [0.717, 1.165) is 29.5 Å². The number of carbonyl (C=O) groups excluding carboxylic acids is 3. The van der Waals surface area contributed by atoms with Gasteiger partial charge in [-0.25, -0.2) is 0 Å². The van der Waals surface area contributed by atoms with Gasteiger partial charge in [-0.05, 0) is 41.7 Å². The van der Waals surface area contributed by atoms with Crippen LogP contribution in [0.15, 0.2) is 60.7 Å². The number of morpholine rings is 1. The maximum Gasteiger partial charge on any atom is 0.265 e. The number of halogens is 2. The Morgan fingerprint density at radius 3 is 2.36 bits per heavy atom. The number of ether oxygens (including phenoxy) is 2. The number of hydrogen-bond acceptors (Lipinski definition) is 6. The standard InChI is InChI=1S/C34H36Cl2N4O5/c1-37(32(41)21-40-29-18-27(35)28(36)19-31(29)45-22-33(40)42)30(20-38-13-15-44-16-14-38)25-10-9-24(23-7-3-2-4-8-23)17-26(25)34(43)39-11-5-6-12-39/h2-4,7-10,17-19,30H,5-6,11-16,20-22H2,1H3. The van der Waals surface area contributed by atoms with Crippen LogP contribution >= 0.6 is 23.2 Å². The summed E-state index contributed by atoms with van der Waals surface area (Å²) in [7, 11) is 1.74. The van der Waals surface area contributed by atoms with Crippen molar-refractivity contribution in [1.82, 2.24) is 14.7 Å². The molecule has 3 heterocycles. The Balaban J connectivity index is 1.37. The molecule has 236 valence electrons. The number of carbonyl (C=O) groups is 3. The van der Waals surface area contributed by atoms with E-state index < -0.39 is 6.04 Å². The highest BCUT2D eigenvalue weighted by molar-refractivity contribution is 6.42. The Labute approximate surface area is 273 Å². The van der Waals surface area contributed by atoms with Gasteiger partial charge in [0.25, 0.3) is 11.8 Å². The van der Waals surface area contributed by atoms with E-state index in [9.17, 15) is 14.4 Å². The summed E-state index contributed by atoms with van der Waals surface area (Å²) in [6.07, 6.45) is 1.94. The Hall–Kier alpha value is -3.63. The molecule has 0 bridgehead atoms. The van der Waals surface area contributed by atoms with Gasteiger partial charge in [-0.2, -0.15) is 0 Å². The summed E-state index contributed by atoms with van der Waals surface area (Å²) in [5, 5.41) is 0.557. The minimum Gasteiger partial charge on any atom is -0.482 e. The van der Waals surface area contributed by atoms with Crippen LogP contribution in [0.5, 0.6) is 5.75 Å². The first-order valence-electron chi connectivity index (χ1n) is 15.3. The molecule has 2 fully saturated rings. The maximum absolute atomic E-state index is 14.1. The van der Waals surface area contributed by atoms with Gasteiger partial charge in [-0.3, -0.25) is 24.2 Å². The number of rotatable bonds is 8. The summed E-state index contributed by atoms with van der Waals surface area (Å²) in [5.74, 6) is -0.284. The monoisotopic (exact) mass is 650 g/mol. The average Bonchev–Trinajstić information content (AvgIpc) is 3.61. The van der Waals surface area contributed by atoms with Gasteiger partial charge in [0.1, 0.15) is 12.3 Å². The fourth-order valence-electron chi connectivity index (χ4n) is 6.18. The van der Waals surface area contributed by atoms with Crippen molar-refractivity contribution in [1.29, 1.82) is 0 Å². The topological polar surface area (TPSA) is 82.6 Å². The molecule has 3 amide bonds. The summed E-state index contributed by atoms with van der Waals surface area (Å²) in [4.78, 5) is 48.4. The molecule has 2 saturated heterocycles. The minimum absolute atomic E-state index is 0.0306. The number of amides is 3. The Morgan fingerprint density at radius 1 is 0.911 bits per heavy atom. The second kappa shape index (κ2) is 13.8. The van der Waals surface area contributed by atoms with Crippen LogP contribution in [0.25, 0.3) is 11.1 Å². The molecule has 1 unspecified atom stereocenters. The molecule has 45 heavy (non-hydrogen) atoms. The zero-order chi connectivity index (χ0) is 31.5. The predicted molar refractivity (Wildman–Crippen MR) is 174 cm³/mol. The van der Waals surface area contributed by atoms with Crippen molar-refractivity contribution in [3.63, 3.8) is 0 Å². The van der Waals surface area contributed by atoms with Gasteiger partial charge in [-0.1, -0.05) is 65.7 Å². The minimum atomic E-state index is -0.466. The molecule has 0 saturated carbocycles. The van der Waals surface area contributed by atoms with Crippen molar-refractivity contribution in [2.24, 2.45) is 0 Å². The van der Waals surface area contributed by atoms with E-state index >= 15 is 0 Å². The molecule has 0 N–H and O–H groups in total. The quantitative estimate of drug-likeness (QED) is 0.335. The van der Waals surface area contributed by atoms with Crippen LogP contribution in [0.4, 0.5) is 5.69 Å². The van der Waals surface area contributed by atoms with Gasteiger partial charge in [0.2, 0.25) is 5.91 Å². The zero-order valence-corrected chi connectivity index (χ0v) is 26.7. The highest BCUT2D eigenvalue weighted by atomic mass is 35.5. The molecule has 9 nitrogen and oxygen atoms in total. The van der Waals surface area contributed by atoms with Crippen molar-refractivity contribution < 1.29 is 23.9 Å². The van der Waals surface area contributed by atoms with E-state index in [2.05, 4.69) is 4.90 Å². The average molecular weight is 652 g/mol. The molecule has 3 aromatic carbocycles. The lowest BCUT2D eigenvalue weighted by atomic mass is 9.93. The van der Waals surface area contributed by atoms with Crippen molar-refractivity contribution >= 4 is 46.6 Å². The molecular weight excluding hydrogens is 615 g/mol. The second-order valence-corrected chi connectivity index (χ2v) is 12.4. The Bertz CT molecular complexity index is 1570. The van der Waals surface area contributed by atoms with Crippen molar-refractivity contribution in [3.8, 4) is 16.9 Å². The van der Waals surface area contributed by atoms with Crippen LogP contribution in [0.2, 0.25) is 10.0 Å². The van der Waals surface area contributed by atoms with E-state index in [1.165, 1.54) is 4.90 Å². The van der Waals surface area contributed by atoms with Crippen LogP contribution in [-0.4, -0.2) is 98.6 Å². The molecule has 0 spiro atoms. The van der Waals surface area contributed by atoms with E-state index in [0.29, 0.717) is 68.0 Å². The van der Waals surface area contributed by atoms with E-state index in [1.807, 2.05) is 53.4 Å². The normalized spacial score (nSPS) is 17.5. The Kier molecular flexibility index (Phi) is 9.61. The number of fused-ring (bicyclic) bond motifs is 1. The van der Waals surface area contributed by atoms with Crippen LogP contribution in [-0.2, 0) is 14.3 Å². The molecule has 1 atom stereocenters. The third-order valence-corrected chi connectivity index (χ3v) is 9.50. The number of likely N-dealkylation sites (tertiary alicyclic amines) is 1. The van der Waals surface area contributed by atoms with Crippen LogP contribution < -0.4 is 9.64 Å². The predicted octanol–water partition coefficient (Wildman–Crippen LogP) is 5.15. The number of benzene rings is 3.